The van der Waals surface area contributed by atoms with E-state index in [0.717, 1.165) is 35.9 Å². The first kappa shape index (κ1) is 23.6. The molecule has 2 saturated heterocycles. The molecule has 176 valence electrons. The lowest BCUT2D eigenvalue weighted by atomic mass is 10.1. The maximum Gasteiger partial charge on any atom is 0.343 e. The van der Waals surface area contributed by atoms with Crippen LogP contribution in [0, 0.1) is 0 Å². The van der Waals surface area contributed by atoms with Crippen molar-refractivity contribution < 1.29 is 28.7 Å². The summed E-state index contributed by atoms with van der Waals surface area (Å²) in [6.07, 6.45) is 4.45. The molecule has 0 aliphatic carbocycles. The van der Waals surface area contributed by atoms with Crippen molar-refractivity contribution in [3.05, 3.63) is 64.6 Å². The van der Waals surface area contributed by atoms with Crippen LogP contribution < -0.4 is 9.47 Å². The Labute approximate surface area is 201 Å². The minimum Gasteiger partial charge on any atom is -0.497 e. The van der Waals surface area contributed by atoms with Gasteiger partial charge in [0.25, 0.3) is 11.1 Å². The number of methoxy groups -OCH3 is 1. The summed E-state index contributed by atoms with van der Waals surface area (Å²) >= 11 is 0.767. The van der Waals surface area contributed by atoms with E-state index < -0.39 is 17.1 Å². The van der Waals surface area contributed by atoms with E-state index in [1.54, 1.807) is 53.4 Å². The van der Waals surface area contributed by atoms with Gasteiger partial charge < -0.3 is 14.4 Å². The quantitative estimate of drug-likeness (QED) is 0.351. The van der Waals surface area contributed by atoms with Crippen molar-refractivity contribution in [3.63, 3.8) is 0 Å². The predicted octanol–water partition coefficient (Wildman–Crippen LogP) is 3.96. The molecule has 0 radical (unpaired) electrons. The zero-order chi connectivity index (χ0) is 24.1. The topological polar surface area (TPSA) is 93.2 Å². The number of rotatable bonds is 6. The van der Waals surface area contributed by atoms with Crippen molar-refractivity contribution in [2.45, 2.75) is 19.3 Å². The van der Waals surface area contributed by atoms with Crippen LogP contribution in [0.25, 0.3) is 6.08 Å². The molecule has 4 rings (SSSR count). The zero-order valence-corrected chi connectivity index (χ0v) is 19.5. The maximum absolute atomic E-state index is 12.9. The molecule has 0 bridgehead atoms. The van der Waals surface area contributed by atoms with Crippen LogP contribution in [0.4, 0.5) is 4.79 Å². The van der Waals surface area contributed by atoms with Crippen LogP contribution in [0.2, 0.25) is 0 Å². The highest BCUT2D eigenvalue weighted by molar-refractivity contribution is 8.18. The molecule has 0 unspecified atom stereocenters. The summed E-state index contributed by atoms with van der Waals surface area (Å²) in [6, 6.07) is 13.2. The second kappa shape index (κ2) is 10.6. The van der Waals surface area contributed by atoms with E-state index in [0.29, 0.717) is 30.0 Å². The summed E-state index contributed by atoms with van der Waals surface area (Å²) in [6.45, 7) is 1.03. The Morgan fingerprint density at radius 2 is 1.71 bits per heavy atom. The van der Waals surface area contributed by atoms with Gasteiger partial charge in [0.2, 0.25) is 5.91 Å². The Hall–Kier alpha value is -3.59. The second-order valence-electron chi connectivity index (χ2n) is 7.87. The molecule has 0 N–H and O–H groups in total. The molecular formula is C25H24N2O6S. The molecule has 9 heteroatoms. The lowest BCUT2D eigenvalue weighted by molar-refractivity contribution is -0.136. The van der Waals surface area contributed by atoms with Gasteiger partial charge in [-0.25, -0.2) is 4.79 Å². The molecule has 34 heavy (non-hydrogen) atoms. The molecular weight excluding hydrogens is 456 g/mol. The van der Waals surface area contributed by atoms with Crippen molar-refractivity contribution in [1.29, 1.82) is 0 Å². The van der Waals surface area contributed by atoms with Crippen LogP contribution in [0.5, 0.6) is 11.5 Å². The predicted molar refractivity (Wildman–Crippen MR) is 128 cm³/mol. The van der Waals surface area contributed by atoms with E-state index in [2.05, 4.69) is 0 Å². The molecule has 0 aromatic heterocycles. The third-order valence-electron chi connectivity index (χ3n) is 5.61. The number of likely N-dealkylation sites (tertiary alicyclic amines) is 1. The fourth-order valence-electron chi connectivity index (χ4n) is 3.73. The Kier molecular flexibility index (Phi) is 7.32. The van der Waals surface area contributed by atoms with E-state index in [4.69, 9.17) is 9.47 Å². The van der Waals surface area contributed by atoms with Gasteiger partial charge in [-0.05, 0) is 67.4 Å². The highest BCUT2D eigenvalue weighted by atomic mass is 32.2. The number of hydrogen-bond acceptors (Lipinski definition) is 7. The third kappa shape index (κ3) is 5.31. The number of amides is 3. The SMILES string of the molecule is COc1ccc(C(=O)Oc2ccccc2/C=C2\SC(=O)N(CC(=O)N3CCCCC3)C2=O)cc1. The van der Waals surface area contributed by atoms with Crippen LogP contribution in [-0.4, -0.2) is 59.6 Å². The molecule has 0 saturated carbocycles. The third-order valence-corrected chi connectivity index (χ3v) is 6.52. The van der Waals surface area contributed by atoms with E-state index in [1.807, 2.05) is 0 Å². The Balaban J connectivity index is 1.48. The van der Waals surface area contributed by atoms with Gasteiger partial charge in [-0.3, -0.25) is 19.3 Å². The molecule has 2 aromatic carbocycles. The average Bonchev–Trinajstić information content (AvgIpc) is 3.13. The zero-order valence-electron chi connectivity index (χ0n) is 18.7. The number of thioether (sulfide) groups is 1. The highest BCUT2D eigenvalue weighted by Crippen LogP contribution is 2.34. The number of para-hydroxylation sites is 1. The number of nitrogens with zero attached hydrogens (tertiary/aromatic N) is 2. The molecule has 8 nitrogen and oxygen atoms in total. The smallest absolute Gasteiger partial charge is 0.343 e. The summed E-state index contributed by atoms with van der Waals surface area (Å²) < 4.78 is 10.6. The Morgan fingerprint density at radius 3 is 2.41 bits per heavy atom. The van der Waals surface area contributed by atoms with Gasteiger partial charge in [-0.15, -0.1) is 0 Å². The minimum absolute atomic E-state index is 0.171. The van der Waals surface area contributed by atoms with Gasteiger partial charge in [0.05, 0.1) is 17.6 Å². The van der Waals surface area contributed by atoms with Crippen molar-refractivity contribution in [1.82, 2.24) is 9.80 Å². The molecule has 2 aromatic rings. The molecule has 0 spiro atoms. The van der Waals surface area contributed by atoms with E-state index >= 15 is 0 Å². The first-order valence-electron chi connectivity index (χ1n) is 10.9. The summed E-state index contributed by atoms with van der Waals surface area (Å²) in [5.41, 5.74) is 0.810. The largest absolute Gasteiger partial charge is 0.497 e. The lowest BCUT2D eigenvalue weighted by Crippen LogP contribution is -2.44. The Bertz CT molecular complexity index is 1140. The molecule has 2 aliphatic heterocycles. The minimum atomic E-state index is -0.566. The summed E-state index contributed by atoms with van der Waals surface area (Å²) in [4.78, 5) is 53.3. The Morgan fingerprint density at radius 1 is 1.00 bits per heavy atom. The number of hydrogen-bond donors (Lipinski definition) is 0. The molecule has 3 amide bonds. The van der Waals surface area contributed by atoms with Gasteiger partial charge in [0.1, 0.15) is 18.0 Å². The summed E-state index contributed by atoms with van der Waals surface area (Å²) in [5.74, 6) is -0.455. The van der Waals surface area contributed by atoms with Gasteiger partial charge in [-0.2, -0.15) is 0 Å². The maximum atomic E-state index is 12.9. The number of carbonyl (C=O) groups excluding carboxylic acids is 4. The van der Waals surface area contributed by atoms with Crippen molar-refractivity contribution in [3.8, 4) is 11.5 Å². The monoisotopic (exact) mass is 480 g/mol. The van der Waals surface area contributed by atoms with Crippen molar-refractivity contribution in [2.75, 3.05) is 26.7 Å². The van der Waals surface area contributed by atoms with Gasteiger partial charge >= 0.3 is 5.97 Å². The number of piperidine rings is 1. The number of ether oxygens (including phenoxy) is 2. The standard InChI is InChI=1S/C25H24N2O6S/c1-32-19-11-9-17(10-12-19)24(30)33-20-8-4-3-7-18(20)15-21-23(29)27(25(31)34-21)16-22(28)26-13-5-2-6-14-26/h3-4,7-12,15H,2,5-6,13-14,16H2,1H3/b21-15-. The average molecular weight is 481 g/mol. The fraction of sp³-hybridized carbons (Fsp3) is 0.280. The van der Waals surface area contributed by atoms with Crippen LogP contribution >= 0.6 is 11.8 Å². The summed E-state index contributed by atoms with van der Waals surface area (Å²) in [5, 5.41) is -0.491. The van der Waals surface area contributed by atoms with Crippen molar-refractivity contribution in [2.24, 2.45) is 0 Å². The first-order valence-corrected chi connectivity index (χ1v) is 11.8. The van der Waals surface area contributed by atoms with E-state index in [1.165, 1.54) is 13.2 Å². The van der Waals surface area contributed by atoms with Crippen molar-refractivity contribution >= 4 is 40.9 Å². The summed E-state index contributed by atoms with van der Waals surface area (Å²) in [7, 11) is 1.54. The molecule has 0 atom stereocenters. The lowest BCUT2D eigenvalue weighted by Gasteiger charge is -2.27. The fourth-order valence-corrected chi connectivity index (χ4v) is 4.56. The number of benzene rings is 2. The second-order valence-corrected chi connectivity index (χ2v) is 8.86. The van der Waals surface area contributed by atoms with Crippen LogP contribution in [-0.2, 0) is 9.59 Å². The number of esters is 1. The van der Waals surface area contributed by atoms with E-state index in [9.17, 15) is 19.2 Å². The first-order chi connectivity index (χ1) is 16.5. The normalized spacial score (nSPS) is 17.3. The molecule has 2 fully saturated rings. The van der Waals surface area contributed by atoms with Gasteiger partial charge in [-0.1, -0.05) is 18.2 Å². The molecule has 2 aliphatic rings. The highest BCUT2D eigenvalue weighted by Gasteiger charge is 2.37. The van der Waals surface area contributed by atoms with Crippen LogP contribution in [0.1, 0.15) is 35.2 Å². The van der Waals surface area contributed by atoms with E-state index in [-0.39, 0.29) is 23.1 Å². The van der Waals surface area contributed by atoms with Gasteiger partial charge in [0, 0.05) is 18.7 Å². The number of carbonyl (C=O) groups is 4. The molecule has 2 heterocycles. The number of imide groups is 1. The van der Waals surface area contributed by atoms with Gasteiger partial charge in [0.15, 0.2) is 0 Å². The van der Waals surface area contributed by atoms with Crippen LogP contribution in [0.15, 0.2) is 53.4 Å². The van der Waals surface area contributed by atoms with Crippen LogP contribution in [0.3, 0.4) is 0 Å².